The molecule has 2 bridgehead atoms. The minimum Gasteiger partial charge on any atom is -0.352 e. The van der Waals surface area contributed by atoms with Crippen molar-refractivity contribution >= 4 is 11.8 Å². The van der Waals surface area contributed by atoms with E-state index in [1.165, 1.54) is 12.8 Å². The summed E-state index contributed by atoms with van der Waals surface area (Å²) in [7, 11) is 0. The summed E-state index contributed by atoms with van der Waals surface area (Å²) in [5, 5.41) is 3.30. The summed E-state index contributed by atoms with van der Waals surface area (Å²) in [5.41, 5.74) is 0.520. The molecular weight excluding hydrogens is 264 g/mol. The Hall–Kier alpha value is -1.06. The molecule has 3 rings (SSSR count). The van der Waals surface area contributed by atoms with Crippen LogP contribution < -0.4 is 5.32 Å². The van der Waals surface area contributed by atoms with Crippen molar-refractivity contribution in [3.63, 3.8) is 0 Å². The fraction of sp³-hybridized carbons (Fsp3) is 0.882. The lowest BCUT2D eigenvalue weighted by molar-refractivity contribution is -0.129. The normalized spacial score (nSPS) is 40.9. The summed E-state index contributed by atoms with van der Waals surface area (Å²) in [5.74, 6) is 0.791. The first-order chi connectivity index (χ1) is 9.79. The molecule has 2 amide bonds. The Morgan fingerprint density at radius 2 is 2.10 bits per heavy atom. The van der Waals surface area contributed by atoms with Crippen LogP contribution in [0.1, 0.15) is 53.4 Å². The second-order valence-electron chi connectivity index (χ2n) is 8.01. The number of nitrogens with zero attached hydrogens (tertiary/aromatic N) is 1. The predicted octanol–water partition coefficient (Wildman–Crippen LogP) is 2.19. The Morgan fingerprint density at radius 1 is 1.38 bits per heavy atom. The number of hydrogen-bond acceptors (Lipinski definition) is 2. The van der Waals surface area contributed by atoms with E-state index in [0.717, 1.165) is 12.3 Å². The summed E-state index contributed by atoms with van der Waals surface area (Å²) >= 11 is 0. The minimum absolute atomic E-state index is 0.0916. The molecule has 0 spiro atoms. The van der Waals surface area contributed by atoms with Gasteiger partial charge in [0.2, 0.25) is 11.8 Å². The highest BCUT2D eigenvalue weighted by Gasteiger charge is 2.61. The molecule has 1 heterocycles. The van der Waals surface area contributed by atoms with E-state index in [1.807, 2.05) is 6.92 Å². The zero-order valence-corrected chi connectivity index (χ0v) is 13.7. The molecule has 0 unspecified atom stereocenters. The van der Waals surface area contributed by atoms with Gasteiger partial charge in [0.15, 0.2) is 0 Å². The fourth-order valence-corrected chi connectivity index (χ4v) is 4.96. The first-order valence-electron chi connectivity index (χ1n) is 8.37. The molecule has 0 aromatic rings. The van der Waals surface area contributed by atoms with Crippen LogP contribution in [-0.4, -0.2) is 35.8 Å². The van der Waals surface area contributed by atoms with Crippen molar-refractivity contribution in [2.75, 3.05) is 13.1 Å². The third kappa shape index (κ3) is 2.01. The number of hydrogen-bond donors (Lipinski definition) is 1. The SMILES string of the molecule is CCN1C[C@@H](C(=O)N[C@@H]2C[C@H]3CC[C@@]2(C)C3(C)C)CC1=O. The van der Waals surface area contributed by atoms with Crippen molar-refractivity contribution in [1.29, 1.82) is 0 Å². The van der Waals surface area contributed by atoms with Gasteiger partial charge >= 0.3 is 0 Å². The van der Waals surface area contributed by atoms with Crippen molar-refractivity contribution in [2.45, 2.75) is 59.4 Å². The highest BCUT2D eigenvalue weighted by Crippen LogP contribution is 2.65. The van der Waals surface area contributed by atoms with Crippen LogP contribution in [0, 0.1) is 22.7 Å². The maximum Gasteiger partial charge on any atom is 0.225 e. The number of likely N-dealkylation sites (tertiary alicyclic amines) is 1. The zero-order chi connectivity index (χ0) is 15.4. The van der Waals surface area contributed by atoms with Crippen molar-refractivity contribution in [2.24, 2.45) is 22.7 Å². The minimum atomic E-state index is -0.150. The number of fused-ring (bicyclic) bond motifs is 2. The molecule has 4 atom stereocenters. The highest BCUT2D eigenvalue weighted by atomic mass is 16.2. The van der Waals surface area contributed by atoms with Crippen molar-refractivity contribution in [3.05, 3.63) is 0 Å². The lowest BCUT2D eigenvalue weighted by Crippen LogP contribution is -2.48. The van der Waals surface area contributed by atoms with Crippen LogP contribution in [-0.2, 0) is 9.59 Å². The van der Waals surface area contributed by atoms with Crippen LogP contribution in [0.15, 0.2) is 0 Å². The quantitative estimate of drug-likeness (QED) is 0.867. The van der Waals surface area contributed by atoms with Gasteiger partial charge in [0, 0.05) is 25.6 Å². The van der Waals surface area contributed by atoms with Gasteiger partial charge in [-0.05, 0) is 42.9 Å². The summed E-state index contributed by atoms with van der Waals surface area (Å²) in [6.45, 7) is 10.3. The van der Waals surface area contributed by atoms with Crippen molar-refractivity contribution in [3.8, 4) is 0 Å². The molecule has 3 fully saturated rings. The molecular formula is C17H28N2O2. The average Bonchev–Trinajstić information content (AvgIpc) is 2.96. The average molecular weight is 292 g/mol. The number of carbonyl (C=O) groups is 2. The lowest BCUT2D eigenvalue weighted by Gasteiger charge is -2.39. The largest absolute Gasteiger partial charge is 0.352 e. The van der Waals surface area contributed by atoms with E-state index in [2.05, 4.69) is 26.1 Å². The molecule has 21 heavy (non-hydrogen) atoms. The topological polar surface area (TPSA) is 49.4 Å². The van der Waals surface area contributed by atoms with Gasteiger partial charge in [-0.25, -0.2) is 0 Å². The Bertz CT molecular complexity index is 473. The standard InChI is InChI=1S/C17H28N2O2/c1-5-19-10-11(8-14(19)20)15(21)18-13-9-12-6-7-17(13,4)16(12,2)3/h11-13H,5-10H2,1-4H3,(H,18,21)/t11-,12+,13+,17+/m0/s1. The molecule has 4 heteroatoms. The van der Waals surface area contributed by atoms with Crippen LogP contribution in [0.25, 0.3) is 0 Å². The first-order valence-corrected chi connectivity index (χ1v) is 8.37. The Morgan fingerprint density at radius 3 is 2.57 bits per heavy atom. The van der Waals surface area contributed by atoms with Gasteiger partial charge in [0.25, 0.3) is 0 Å². The molecule has 118 valence electrons. The molecule has 1 saturated heterocycles. The lowest BCUT2D eigenvalue weighted by atomic mass is 9.69. The van der Waals surface area contributed by atoms with Gasteiger partial charge in [-0.1, -0.05) is 20.8 Å². The molecule has 1 aliphatic heterocycles. The van der Waals surface area contributed by atoms with Gasteiger partial charge in [0.1, 0.15) is 0 Å². The van der Waals surface area contributed by atoms with E-state index in [-0.39, 0.29) is 29.2 Å². The Kier molecular flexibility index (Phi) is 3.34. The second kappa shape index (κ2) is 4.72. The van der Waals surface area contributed by atoms with Crippen molar-refractivity contribution < 1.29 is 9.59 Å². The summed E-state index contributed by atoms with van der Waals surface area (Å²) < 4.78 is 0. The van der Waals surface area contributed by atoms with E-state index < -0.39 is 0 Å². The maximum atomic E-state index is 12.5. The van der Waals surface area contributed by atoms with E-state index in [9.17, 15) is 9.59 Å². The fourth-order valence-electron chi connectivity index (χ4n) is 4.96. The summed E-state index contributed by atoms with van der Waals surface area (Å²) in [6.07, 6.45) is 3.99. The Labute approximate surface area is 127 Å². The van der Waals surface area contributed by atoms with Crippen LogP contribution in [0.4, 0.5) is 0 Å². The molecule has 0 aromatic carbocycles. The van der Waals surface area contributed by atoms with Crippen LogP contribution in [0.3, 0.4) is 0 Å². The third-order valence-electron chi connectivity index (χ3n) is 7.08. The highest BCUT2D eigenvalue weighted by molar-refractivity contribution is 5.89. The van der Waals surface area contributed by atoms with Crippen LogP contribution >= 0.6 is 0 Å². The van der Waals surface area contributed by atoms with E-state index in [4.69, 9.17) is 0 Å². The smallest absolute Gasteiger partial charge is 0.225 e. The molecule has 0 radical (unpaired) electrons. The van der Waals surface area contributed by atoms with E-state index >= 15 is 0 Å². The zero-order valence-electron chi connectivity index (χ0n) is 13.7. The van der Waals surface area contributed by atoms with Crippen molar-refractivity contribution in [1.82, 2.24) is 10.2 Å². The van der Waals surface area contributed by atoms with Gasteiger partial charge in [-0.15, -0.1) is 0 Å². The first kappa shape index (κ1) is 14.9. The van der Waals surface area contributed by atoms with Gasteiger partial charge in [-0.2, -0.15) is 0 Å². The molecule has 0 aromatic heterocycles. The molecule has 1 N–H and O–H groups in total. The summed E-state index contributed by atoms with van der Waals surface area (Å²) in [4.78, 5) is 26.1. The molecule has 2 saturated carbocycles. The van der Waals surface area contributed by atoms with Gasteiger partial charge in [0.05, 0.1) is 5.92 Å². The van der Waals surface area contributed by atoms with E-state index in [0.29, 0.717) is 24.9 Å². The maximum absolute atomic E-state index is 12.5. The number of carbonyl (C=O) groups excluding carboxylic acids is 2. The van der Waals surface area contributed by atoms with Crippen LogP contribution in [0.5, 0.6) is 0 Å². The predicted molar refractivity (Wildman–Crippen MR) is 81.5 cm³/mol. The van der Waals surface area contributed by atoms with Crippen LogP contribution in [0.2, 0.25) is 0 Å². The van der Waals surface area contributed by atoms with E-state index in [1.54, 1.807) is 4.90 Å². The Balaban J connectivity index is 1.66. The third-order valence-corrected chi connectivity index (χ3v) is 7.08. The number of rotatable bonds is 3. The molecule has 2 aliphatic carbocycles. The number of nitrogens with one attached hydrogen (secondary N) is 1. The molecule has 3 aliphatic rings. The van der Waals surface area contributed by atoms with Gasteiger partial charge in [-0.3, -0.25) is 9.59 Å². The summed E-state index contributed by atoms with van der Waals surface area (Å²) in [6, 6.07) is 0.282. The molecule has 4 nitrogen and oxygen atoms in total. The van der Waals surface area contributed by atoms with Gasteiger partial charge < -0.3 is 10.2 Å². The second-order valence-corrected chi connectivity index (χ2v) is 8.01. The number of amides is 2. The monoisotopic (exact) mass is 292 g/mol.